The summed E-state index contributed by atoms with van der Waals surface area (Å²) in [5.41, 5.74) is 5.12. The van der Waals surface area contributed by atoms with Gasteiger partial charge < -0.3 is 4.90 Å². The Hall–Kier alpha value is -1.73. The van der Waals surface area contributed by atoms with Crippen molar-refractivity contribution in [3.63, 3.8) is 0 Å². The van der Waals surface area contributed by atoms with Crippen LogP contribution < -0.4 is 0 Å². The fourth-order valence-corrected chi connectivity index (χ4v) is 3.60. The van der Waals surface area contributed by atoms with Gasteiger partial charge in [0, 0.05) is 16.8 Å². The summed E-state index contributed by atoms with van der Waals surface area (Å²) in [6.07, 6.45) is 3.39. The number of benzene rings is 2. The monoisotopic (exact) mass is 311 g/mol. The Balaban J connectivity index is 2.21. The molecule has 1 aliphatic heterocycles. The van der Waals surface area contributed by atoms with E-state index in [0.29, 0.717) is 6.04 Å². The van der Waals surface area contributed by atoms with Crippen LogP contribution in [-0.2, 0) is 0 Å². The molecular formula is C20H22ClN. The van der Waals surface area contributed by atoms with Crippen LogP contribution in [0.25, 0.3) is 6.08 Å². The first kappa shape index (κ1) is 15.2. The van der Waals surface area contributed by atoms with E-state index in [1.54, 1.807) is 0 Å². The Bertz CT molecular complexity index is 704. The van der Waals surface area contributed by atoms with Crippen molar-refractivity contribution in [3.8, 4) is 0 Å². The standard InChI is InChI=1S/C20H22ClN/c1-4-14(2)22-15(3)13-16-9-5-6-10-17(16)20(22)18-11-7-8-12-19(18)21/h5-14,20H,4H2,1-3H3. The predicted octanol–water partition coefficient (Wildman–Crippen LogP) is 5.90. The molecule has 2 unspecified atom stereocenters. The highest BCUT2D eigenvalue weighted by Crippen LogP contribution is 2.42. The average molecular weight is 312 g/mol. The van der Waals surface area contributed by atoms with Crippen molar-refractivity contribution < 1.29 is 0 Å². The Morgan fingerprint density at radius 2 is 1.68 bits per heavy atom. The van der Waals surface area contributed by atoms with Crippen molar-refractivity contribution in [2.75, 3.05) is 0 Å². The van der Waals surface area contributed by atoms with Gasteiger partial charge in [-0.1, -0.05) is 61.0 Å². The van der Waals surface area contributed by atoms with Crippen LogP contribution in [0.3, 0.4) is 0 Å². The molecule has 0 aliphatic carbocycles. The molecule has 0 spiro atoms. The molecule has 0 amide bonds. The molecule has 22 heavy (non-hydrogen) atoms. The summed E-state index contributed by atoms with van der Waals surface area (Å²) >= 11 is 6.54. The van der Waals surface area contributed by atoms with Crippen molar-refractivity contribution >= 4 is 17.7 Å². The maximum absolute atomic E-state index is 6.54. The zero-order valence-electron chi connectivity index (χ0n) is 13.4. The van der Waals surface area contributed by atoms with E-state index in [1.165, 1.54) is 22.4 Å². The van der Waals surface area contributed by atoms with E-state index in [-0.39, 0.29) is 6.04 Å². The molecule has 2 aromatic carbocycles. The molecule has 0 bridgehead atoms. The SMILES string of the molecule is CCC(C)N1C(C)=Cc2ccccc2C1c1ccccc1Cl. The first-order valence-electron chi connectivity index (χ1n) is 7.93. The lowest BCUT2D eigenvalue weighted by Gasteiger charge is -2.43. The van der Waals surface area contributed by atoms with Crippen LogP contribution in [0.5, 0.6) is 0 Å². The largest absolute Gasteiger partial charge is 0.361 e. The van der Waals surface area contributed by atoms with Crippen LogP contribution in [0.1, 0.15) is 49.9 Å². The van der Waals surface area contributed by atoms with Gasteiger partial charge in [0.05, 0.1) is 6.04 Å². The van der Waals surface area contributed by atoms with Gasteiger partial charge in [-0.2, -0.15) is 0 Å². The molecule has 0 radical (unpaired) electrons. The quantitative estimate of drug-likeness (QED) is 0.681. The first-order valence-corrected chi connectivity index (χ1v) is 8.31. The highest BCUT2D eigenvalue weighted by Gasteiger charge is 2.31. The molecule has 0 saturated carbocycles. The lowest BCUT2D eigenvalue weighted by Crippen LogP contribution is -2.37. The fraction of sp³-hybridized carbons (Fsp3) is 0.300. The van der Waals surface area contributed by atoms with E-state index in [0.717, 1.165) is 11.4 Å². The lowest BCUT2D eigenvalue weighted by molar-refractivity contribution is 0.215. The van der Waals surface area contributed by atoms with E-state index >= 15 is 0 Å². The Morgan fingerprint density at radius 1 is 1.05 bits per heavy atom. The minimum Gasteiger partial charge on any atom is -0.361 e. The van der Waals surface area contributed by atoms with Crippen molar-refractivity contribution in [2.45, 2.75) is 39.3 Å². The van der Waals surface area contributed by atoms with Crippen molar-refractivity contribution in [1.29, 1.82) is 0 Å². The molecule has 2 aromatic rings. The van der Waals surface area contributed by atoms with Crippen molar-refractivity contribution in [3.05, 3.63) is 75.9 Å². The molecule has 1 nitrogen and oxygen atoms in total. The smallest absolute Gasteiger partial charge is 0.0816 e. The molecule has 114 valence electrons. The normalized spacial score (nSPS) is 18.6. The summed E-state index contributed by atoms with van der Waals surface area (Å²) in [4.78, 5) is 2.50. The molecule has 0 N–H and O–H groups in total. The zero-order valence-corrected chi connectivity index (χ0v) is 14.1. The Kier molecular flexibility index (Phi) is 4.26. The molecule has 1 heterocycles. The molecule has 2 heteroatoms. The van der Waals surface area contributed by atoms with E-state index in [2.05, 4.69) is 68.1 Å². The fourth-order valence-electron chi connectivity index (χ4n) is 3.36. The van der Waals surface area contributed by atoms with Gasteiger partial charge in [0.2, 0.25) is 0 Å². The Morgan fingerprint density at radius 3 is 2.36 bits per heavy atom. The number of nitrogens with zero attached hydrogens (tertiary/aromatic N) is 1. The van der Waals surface area contributed by atoms with Crippen LogP contribution in [-0.4, -0.2) is 10.9 Å². The number of halogens is 1. The van der Waals surface area contributed by atoms with Gasteiger partial charge in [0.15, 0.2) is 0 Å². The Labute approximate surface area is 138 Å². The summed E-state index contributed by atoms with van der Waals surface area (Å²) in [5.74, 6) is 0. The molecule has 3 rings (SSSR count). The van der Waals surface area contributed by atoms with E-state index in [4.69, 9.17) is 11.6 Å². The second kappa shape index (κ2) is 6.18. The topological polar surface area (TPSA) is 3.24 Å². The number of fused-ring (bicyclic) bond motifs is 1. The first-order chi connectivity index (χ1) is 10.6. The third kappa shape index (κ3) is 2.55. The number of allylic oxidation sites excluding steroid dienone is 1. The highest BCUT2D eigenvalue weighted by molar-refractivity contribution is 6.31. The van der Waals surface area contributed by atoms with Crippen LogP contribution in [0, 0.1) is 0 Å². The maximum Gasteiger partial charge on any atom is 0.0816 e. The third-order valence-corrected chi connectivity index (χ3v) is 4.95. The average Bonchev–Trinajstić information content (AvgIpc) is 2.53. The van der Waals surface area contributed by atoms with Crippen LogP contribution in [0.2, 0.25) is 5.02 Å². The molecular weight excluding hydrogens is 290 g/mol. The summed E-state index contributed by atoms with van der Waals surface area (Å²) < 4.78 is 0. The van der Waals surface area contributed by atoms with Gasteiger partial charge in [0.25, 0.3) is 0 Å². The highest BCUT2D eigenvalue weighted by atomic mass is 35.5. The molecule has 1 aliphatic rings. The van der Waals surface area contributed by atoms with Crippen molar-refractivity contribution in [1.82, 2.24) is 4.90 Å². The number of hydrogen-bond acceptors (Lipinski definition) is 1. The molecule has 0 aromatic heterocycles. The summed E-state index contributed by atoms with van der Waals surface area (Å²) in [6, 6.07) is 17.5. The maximum atomic E-state index is 6.54. The van der Waals surface area contributed by atoms with Gasteiger partial charge in [0.1, 0.15) is 0 Å². The lowest BCUT2D eigenvalue weighted by atomic mass is 9.88. The van der Waals surface area contributed by atoms with Gasteiger partial charge in [-0.15, -0.1) is 0 Å². The van der Waals surface area contributed by atoms with Gasteiger partial charge >= 0.3 is 0 Å². The minimum absolute atomic E-state index is 0.185. The summed E-state index contributed by atoms with van der Waals surface area (Å²) in [7, 11) is 0. The van der Waals surface area contributed by atoms with Crippen LogP contribution in [0.4, 0.5) is 0 Å². The van der Waals surface area contributed by atoms with Crippen molar-refractivity contribution in [2.24, 2.45) is 0 Å². The summed E-state index contributed by atoms with van der Waals surface area (Å²) in [5, 5.41) is 0.838. The van der Waals surface area contributed by atoms with Gasteiger partial charge in [-0.05, 0) is 49.1 Å². The predicted molar refractivity (Wildman–Crippen MR) is 95.0 cm³/mol. The minimum atomic E-state index is 0.185. The van der Waals surface area contributed by atoms with Crippen LogP contribution in [0.15, 0.2) is 54.2 Å². The van der Waals surface area contributed by atoms with E-state index < -0.39 is 0 Å². The van der Waals surface area contributed by atoms with Gasteiger partial charge in [-0.25, -0.2) is 0 Å². The zero-order chi connectivity index (χ0) is 15.7. The summed E-state index contributed by atoms with van der Waals surface area (Å²) in [6.45, 7) is 6.73. The molecule has 0 saturated heterocycles. The molecule has 0 fully saturated rings. The second-order valence-electron chi connectivity index (χ2n) is 6.00. The van der Waals surface area contributed by atoms with Gasteiger partial charge in [-0.3, -0.25) is 0 Å². The third-order valence-electron chi connectivity index (χ3n) is 4.61. The second-order valence-corrected chi connectivity index (χ2v) is 6.41. The van der Waals surface area contributed by atoms with E-state index in [1.807, 2.05) is 12.1 Å². The van der Waals surface area contributed by atoms with E-state index in [9.17, 15) is 0 Å². The molecule has 2 atom stereocenters. The number of hydrogen-bond donors (Lipinski definition) is 0. The number of rotatable bonds is 3. The van der Waals surface area contributed by atoms with Crippen LogP contribution >= 0.6 is 11.6 Å².